The molecule has 0 unspecified atom stereocenters. The maximum Gasteiger partial charge on any atom is 0.416 e. The van der Waals surface area contributed by atoms with E-state index < -0.39 is 34.7 Å². The number of hydrogen-bond acceptors (Lipinski definition) is 4. The lowest BCUT2D eigenvalue weighted by molar-refractivity contribution is -0.385. The first-order valence-corrected chi connectivity index (χ1v) is 10.4. The van der Waals surface area contributed by atoms with Crippen LogP contribution in [0.5, 0.6) is 0 Å². The molecule has 0 saturated heterocycles. The van der Waals surface area contributed by atoms with Crippen LogP contribution in [0.25, 0.3) is 0 Å². The molecule has 172 valence electrons. The predicted molar refractivity (Wildman–Crippen MR) is 114 cm³/mol. The summed E-state index contributed by atoms with van der Waals surface area (Å²) in [6.45, 7) is 4.03. The van der Waals surface area contributed by atoms with E-state index in [1.807, 2.05) is 19.9 Å². The lowest BCUT2D eigenvalue weighted by Gasteiger charge is -2.26. The molecule has 1 N–H and O–H groups in total. The summed E-state index contributed by atoms with van der Waals surface area (Å²) in [7, 11) is 0. The molecule has 0 spiro atoms. The Morgan fingerprint density at radius 1 is 1.25 bits per heavy atom. The molecule has 0 radical (unpaired) electrons. The lowest BCUT2D eigenvalue weighted by atomic mass is 9.95. The summed E-state index contributed by atoms with van der Waals surface area (Å²) in [5, 5.41) is 15.1. The Balaban J connectivity index is 1.68. The second kappa shape index (κ2) is 9.54. The maximum atomic E-state index is 12.8. The number of aromatic nitrogens is 1. The first kappa shape index (κ1) is 23.5. The molecule has 7 nitrogen and oxygen atoms in total. The highest BCUT2D eigenvalue weighted by Gasteiger charge is 2.33. The molecule has 3 rings (SSSR count). The molecule has 2 aromatic rings. The van der Waals surface area contributed by atoms with E-state index in [4.69, 9.17) is 0 Å². The third-order valence-corrected chi connectivity index (χ3v) is 5.82. The molecule has 1 saturated carbocycles. The smallest absolute Gasteiger partial charge is 0.345 e. The molecular weight excluding hydrogens is 425 g/mol. The van der Waals surface area contributed by atoms with Gasteiger partial charge in [-0.2, -0.15) is 18.3 Å². The van der Waals surface area contributed by atoms with Gasteiger partial charge in [0, 0.05) is 34.6 Å². The van der Waals surface area contributed by atoms with E-state index in [0.29, 0.717) is 12.1 Å². The van der Waals surface area contributed by atoms with Gasteiger partial charge in [0.05, 0.1) is 23.1 Å². The van der Waals surface area contributed by atoms with Crippen LogP contribution in [-0.2, 0) is 17.4 Å². The Morgan fingerprint density at radius 3 is 2.56 bits per heavy atom. The van der Waals surface area contributed by atoms with Gasteiger partial charge >= 0.3 is 6.18 Å². The molecule has 0 aliphatic heterocycles. The predicted octanol–water partition coefficient (Wildman–Crippen LogP) is 5.23. The van der Waals surface area contributed by atoms with Crippen LogP contribution >= 0.6 is 0 Å². The minimum atomic E-state index is -4.71. The van der Waals surface area contributed by atoms with Gasteiger partial charge in [-0.1, -0.05) is 25.3 Å². The molecule has 0 bridgehead atoms. The normalized spacial score (nSPS) is 15.3. The van der Waals surface area contributed by atoms with Gasteiger partial charge in [-0.15, -0.1) is 0 Å². The molecule has 1 fully saturated rings. The van der Waals surface area contributed by atoms with Gasteiger partial charge in [-0.25, -0.2) is 5.43 Å². The molecule has 1 aliphatic rings. The number of hydrogen-bond donors (Lipinski definition) is 1. The van der Waals surface area contributed by atoms with Crippen LogP contribution in [-0.4, -0.2) is 21.6 Å². The number of carbonyl (C=O) groups is 1. The summed E-state index contributed by atoms with van der Waals surface area (Å²) >= 11 is 0. The SMILES string of the molecule is Cc1cc(C=NNC(=O)Cc2ccc(C(F)(F)F)cc2[N+](=O)[O-])c(C)n1C1CCCCC1. The topological polar surface area (TPSA) is 89.5 Å². The van der Waals surface area contributed by atoms with Gasteiger partial charge in [0.1, 0.15) is 0 Å². The average molecular weight is 450 g/mol. The van der Waals surface area contributed by atoms with Crippen LogP contribution in [0.1, 0.15) is 66.2 Å². The Bertz CT molecular complexity index is 1040. The lowest BCUT2D eigenvalue weighted by Crippen LogP contribution is -2.20. The molecule has 1 aromatic carbocycles. The van der Waals surface area contributed by atoms with Crippen molar-refractivity contribution in [3.8, 4) is 0 Å². The molecule has 1 heterocycles. The van der Waals surface area contributed by atoms with Crippen LogP contribution in [0.2, 0.25) is 0 Å². The zero-order chi connectivity index (χ0) is 23.5. The molecule has 1 aliphatic carbocycles. The van der Waals surface area contributed by atoms with Crippen molar-refractivity contribution in [3.05, 3.63) is 62.5 Å². The van der Waals surface area contributed by atoms with Crippen LogP contribution in [0, 0.1) is 24.0 Å². The van der Waals surface area contributed by atoms with E-state index >= 15 is 0 Å². The van der Waals surface area contributed by atoms with Crippen molar-refractivity contribution in [1.82, 2.24) is 9.99 Å². The van der Waals surface area contributed by atoms with E-state index in [2.05, 4.69) is 15.1 Å². The van der Waals surface area contributed by atoms with Crippen molar-refractivity contribution in [2.24, 2.45) is 5.10 Å². The fraction of sp³-hybridized carbons (Fsp3) is 0.455. The Morgan fingerprint density at radius 2 is 1.94 bits per heavy atom. The van der Waals surface area contributed by atoms with Gasteiger partial charge in [0.15, 0.2) is 0 Å². The Hall–Kier alpha value is -3.17. The van der Waals surface area contributed by atoms with Crippen molar-refractivity contribution in [1.29, 1.82) is 0 Å². The molecule has 0 atom stereocenters. The number of halogens is 3. The van der Waals surface area contributed by atoms with E-state index in [1.54, 1.807) is 0 Å². The van der Waals surface area contributed by atoms with E-state index in [1.165, 1.54) is 25.5 Å². The number of amides is 1. The van der Waals surface area contributed by atoms with Crippen molar-refractivity contribution in [2.45, 2.75) is 64.6 Å². The van der Waals surface area contributed by atoms with E-state index in [-0.39, 0.29) is 5.56 Å². The van der Waals surface area contributed by atoms with E-state index in [0.717, 1.165) is 41.9 Å². The quantitative estimate of drug-likeness (QED) is 0.371. The largest absolute Gasteiger partial charge is 0.416 e. The summed E-state index contributed by atoms with van der Waals surface area (Å²) in [6, 6.07) is 4.55. The molecule has 32 heavy (non-hydrogen) atoms. The minimum Gasteiger partial charge on any atom is -0.345 e. The van der Waals surface area contributed by atoms with Gasteiger partial charge in [0.2, 0.25) is 5.91 Å². The first-order chi connectivity index (χ1) is 15.1. The zero-order valence-corrected chi connectivity index (χ0v) is 17.9. The van der Waals surface area contributed by atoms with Crippen molar-refractivity contribution < 1.29 is 22.9 Å². The number of benzene rings is 1. The number of nitrogens with one attached hydrogen (secondary N) is 1. The number of nitro benzene ring substituents is 1. The van der Waals surface area contributed by atoms with Gasteiger partial charge in [-0.05, 0) is 38.8 Å². The highest BCUT2D eigenvalue weighted by Crippen LogP contribution is 2.33. The van der Waals surface area contributed by atoms with Crippen molar-refractivity contribution >= 4 is 17.8 Å². The van der Waals surface area contributed by atoms with Crippen LogP contribution in [0.15, 0.2) is 29.4 Å². The molecule has 1 aromatic heterocycles. The second-order valence-corrected chi connectivity index (χ2v) is 8.06. The zero-order valence-electron chi connectivity index (χ0n) is 17.9. The molecule has 10 heteroatoms. The highest BCUT2D eigenvalue weighted by atomic mass is 19.4. The minimum absolute atomic E-state index is 0.119. The second-order valence-electron chi connectivity index (χ2n) is 8.06. The highest BCUT2D eigenvalue weighted by molar-refractivity contribution is 5.85. The van der Waals surface area contributed by atoms with Crippen LogP contribution in [0.4, 0.5) is 18.9 Å². The van der Waals surface area contributed by atoms with Crippen molar-refractivity contribution in [2.75, 3.05) is 0 Å². The molecular formula is C22H25F3N4O3. The summed E-state index contributed by atoms with van der Waals surface area (Å²) in [4.78, 5) is 22.4. The van der Waals surface area contributed by atoms with Crippen molar-refractivity contribution in [3.63, 3.8) is 0 Å². The number of hydrazone groups is 1. The average Bonchev–Trinajstić information content (AvgIpc) is 3.01. The molecule has 1 amide bonds. The standard InChI is InChI=1S/C22H25F3N4O3/c1-14-10-17(15(2)28(14)19-6-4-3-5-7-19)13-26-27-21(30)11-16-8-9-18(22(23,24)25)12-20(16)29(31)32/h8-10,12-13,19H,3-7,11H2,1-2H3,(H,27,30). The third kappa shape index (κ3) is 5.35. The number of aryl methyl sites for hydroxylation is 1. The number of rotatable bonds is 6. The summed E-state index contributed by atoms with van der Waals surface area (Å²) in [6.07, 6.45) is 2.28. The van der Waals surface area contributed by atoms with Gasteiger partial charge in [-0.3, -0.25) is 14.9 Å². The Labute approximate surface area is 183 Å². The summed E-state index contributed by atoms with van der Waals surface area (Å²) in [5.41, 5.74) is 3.31. The Kier molecular flexibility index (Phi) is 7.00. The van der Waals surface area contributed by atoms with Gasteiger partial charge in [0.25, 0.3) is 5.69 Å². The fourth-order valence-corrected chi connectivity index (χ4v) is 4.28. The fourth-order valence-electron chi connectivity index (χ4n) is 4.28. The third-order valence-electron chi connectivity index (χ3n) is 5.82. The van der Waals surface area contributed by atoms with Crippen LogP contribution < -0.4 is 5.43 Å². The number of nitrogens with zero attached hydrogens (tertiary/aromatic N) is 3. The monoisotopic (exact) mass is 450 g/mol. The van der Waals surface area contributed by atoms with E-state index in [9.17, 15) is 28.1 Å². The number of nitro groups is 1. The first-order valence-electron chi connectivity index (χ1n) is 10.4. The summed E-state index contributed by atoms with van der Waals surface area (Å²) in [5.74, 6) is -0.662. The maximum absolute atomic E-state index is 12.8. The number of carbonyl (C=O) groups excluding carboxylic acids is 1. The number of alkyl halides is 3. The summed E-state index contributed by atoms with van der Waals surface area (Å²) < 4.78 is 40.7. The van der Waals surface area contributed by atoms with Gasteiger partial charge < -0.3 is 4.57 Å². The van der Waals surface area contributed by atoms with Crippen LogP contribution in [0.3, 0.4) is 0 Å².